The molecule has 2 N–H and O–H groups in total. The van der Waals surface area contributed by atoms with E-state index >= 15 is 0 Å². The van der Waals surface area contributed by atoms with Gasteiger partial charge < -0.3 is 10.2 Å². The highest BCUT2D eigenvalue weighted by Crippen LogP contribution is 1.95. The minimum atomic E-state index is -0.613. The van der Waals surface area contributed by atoms with E-state index < -0.39 is 6.10 Å². The minimum Gasteiger partial charge on any atom is -0.394 e. The summed E-state index contributed by atoms with van der Waals surface area (Å²) in [6.45, 7) is 1.96. The van der Waals surface area contributed by atoms with E-state index in [1.165, 1.54) is 0 Å². The molecule has 0 fully saturated rings. The monoisotopic (exact) mass is 210 g/mol. The van der Waals surface area contributed by atoms with Gasteiger partial charge in [0, 0.05) is 0 Å². The lowest BCUT2D eigenvalue weighted by molar-refractivity contribution is 0.0975. The van der Waals surface area contributed by atoms with Crippen LogP contribution in [-0.4, -0.2) is 22.9 Å². The second kappa shape index (κ2) is 11.2. The molecule has 0 radical (unpaired) electrons. The SMILES string of the molecule is CC/C=C\C/C=C\C/C=C\CC(O)CO. The molecule has 0 rings (SSSR count). The summed E-state index contributed by atoms with van der Waals surface area (Å²) in [6, 6.07) is 0. The molecule has 15 heavy (non-hydrogen) atoms. The van der Waals surface area contributed by atoms with Crippen molar-refractivity contribution >= 4 is 0 Å². The maximum Gasteiger partial charge on any atom is 0.0805 e. The quantitative estimate of drug-likeness (QED) is 0.604. The Labute approximate surface area is 92.6 Å². The molecule has 0 saturated heterocycles. The van der Waals surface area contributed by atoms with E-state index in [1.807, 2.05) is 12.2 Å². The van der Waals surface area contributed by atoms with Crippen molar-refractivity contribution in [2.75, 3.05) is 6.61 Å². The molecule has 0 aliphatic heterocycles. The Kier molecular flexibility index (Phi) is 10.6. The van der Waals surface area contributed by atoms with Gasteiger partial charge in [-0.15, -0.1) is 0 Å². The Bertz CT molecular complexity index is 205. The zero-order valence-corrected chi connectivity index (χ0v) is 9.47. The summed E-state index contributed by atoms with van der Waals surface area (Å²) in [5.74, 6) is 0. The fraction of sp³-hybridized carbons (Fsp3) is 0.538. The first-order chi connectivity index (χ1) is 7.31. The molecule has 0 aliphatic carbocycles. The van der Waals surface area contributed by atoms with Gasteiger partial charge in [-0.1, -0.05) is 43.4 Å². The van der Waals surface area contributed by atoms with Gasteiger partial charge in [-0.3, -0.25) is 0 Å². The average Bonchev–Trinajstić information content (AvgIpc) is 2.26. The molecule has 2 nitrogen and oxygen atoms in total. The largest absolute Gasteiger partial charge is 0.394 e. The van der Waals surface area contributed by atoms with E-state index in [1.54, 1.807) is 0 Å². The van der Waals surface area contributed by atoms with Gasteiger partial charge in [0.15, 0.2) is 0 Å². The molecule has 0 aromatic heterocycles. The molecule has 0 aliphatic rings. The van der Waals surface area contributed by atoms with Crippen LogP contribution in [0.25, 0.3) is 0 Å². The van der Waals surface area contributed by atoms with Crippen LogP contribution in [0.2, 0.25) is 0 Å². The topological polar surface area (TPSA) is 40.5 Å². The van der Waals surface area contributed by atoms with Crippen molar-refractivity contribution in [2.24, 2.45) is 0 Å². The molecule has 0 amide bonds. The van der Waals surface area contributed by atoms with Crippen LogP contribution in [0, 0.1) is 0 Å². The maximum absolute atomic E-state index is 9.03. The predicted octanol–water partition coefficient (Wildman–Crippen LogP) is 2.59. The van der Waals surface area contributed by atoms with Crippen LogP contribution < -0.4 is 0 Å². The van der Waals surface area contributed by atoms with E-state index in [2.05, 4.69) is 31.2 Å². The van der Waals surface area contributed by atoms with Crippen LogP contribution >= 0.6 is 0 Å². The van der Waals surface area contributed by atoms with Crippen LogP contribution in [0.5, 0.6) is 0 Å². The molecular formula is C13H22O2. The van der Waals surface area contributed by atoms with Crippen molar-refractivity contribution in [1.82, 2.24) is 0 Å². The molecular weight excluding hydrogens is 188 g/mol. The summed E-state index contributed by atoms with van der Waals surface area (Å²) in [6.07, 6.45) is 15.3. The Balaban J connectivity index is 3.40. The number of allylic oxidation sites excluding steroid dienone is 5. The molecule has 1 unspecified atom stereocenters. The Morgan fingerprint density at radius 2 is 1.47 bits per heavy atom. The second-order valence-electron chi connectivity index (χ2n) is 3.37. The highest BCUT2D eigenvalue weighted by Gasteiger charge is 1.95. The van der Waals surface area contributed by atoms with Crippen LogP contribution in [-0.2, 0) is 0 Å². The van der Waals surface area contributed by atoms with Gasteiger partial charge in [0.25, 0.3) is 0 Å². The van der Waals surface area contributed by atoms with E-state index in [0.29, 0.717) is 6.42 Å². The van der Waals surface area contributed by atoms with Gasteiger partial charge in [-0.05, 0) is 25.7 Å². The Morgan fingerprint density at radius 1 is 0.933 bits per heavy atom. The Hall–Kier alpha value is -0.860. The number of aliphatic hydroxyl groups is 2. The zero-order valence-electron chi connectivity index (χ0n) is 9.47. The van der Waals surface area contributed by atoms with Crippen LogP contribution in [0.3, 0.4) is 0 Å². The maximum atomic E-state index is 9.03. The fourth-order valence-corrected chi connectivity index (χ4v) is 1.04. The summed E-state index contributed by atoms with van der Waals surface area (Å²) in [4.78, 5) is 0. The summed E-state index contributed by atoms with van der Waals surface area (Å²) in [5, 5.41) is 17.6. The van der Waals surface area contributed by atoms with E-state index in [-0.39, 0.29) is 6.61 Å². The third-order valence-corrected chi connectivity index (χ3v) is 1.90. The van der Waals surface area contributed by atoms with Crippen molar-refractivity contribution in [3.63, 3.8) is 0 Å². The molecule has 0 aromatic rings. The summed E-state index contributed by atoms with van der Waals surface area (Å²) >= 11 is 0. The minimum absolute atomic E-state index is 0.165. The summed E-state index contributed by atoms with van der Waals surface area (Å²) < 4.78 is 0. The first-order valence-corrected chi connectivity index (χ1v) is 5.55. The van der Waals surface area contributed by atoms with E-state index in [0.717, 1.165) is 19.3 Å². The number of hydrogen-bond donors (Lipinski definition) is 2. The highest BCUT2D eigenvalue weighted by molar-refractivity contribution is 4.97. The van der Waals surface area contributed by atoms with Crippen molar-refractivity contribution in [1.29, 1.82) is 0 Å². The second-order valence-corrected chi connectivity index (χ2v) is 3.37. The molecule has 1 atom stereocenters. The lowest BCUT2D eigenvalue weighted by Gasteiger charge is -2.00. The van der Waals surface area contributed by atoms with Crippen molar-refractivity contribution in [3.8, 4) is 0 Å². The van der Waals surface area contributed by atoms with E-state index in [9.17, 15) is 0 Å². The lowest BCUT2D eigenvalue weighted by atomic mass is 10.2. The molecule has 2 heteroatoms. The van der Waals surface area contributed by atoms with Gasteiger partial charge in [0.2, 0.25) is 0 Å². The molecule has 0 aromatic carbocycles. The smallest absolute Gasteiger partial charge is 0.0805 e. The van der Waals surface area contributed by atoms with Crippen LogP contribution in [0.4, 0.5) is 0 Å². The first kappa shape index (κ1) is 14.1. The molecule has 86 valence electrons. The van der Waals surface area contributed by atoms with Crippen LogP contribution in [0.1, 0.15) is 32.6 Å². The Morgan fingerprint density at radius 3 is 2.00 bits per heavy atom. The normalized spacial score (nSPS) is 14.6. The third kappa shape index (κ3) is 11.1. The van der Waals surface area contributed by atoms with Gasteiger partial charge in [0.05, 0.1) is 12.7 Å². The third-order valence-electron chi connectivity index (χ3n) is 1.90. The predicted molar refractivity (Wildman–Crippen MR) is 64.7 cm³/mol. The van der Waals surface area contributed by atoms with Gasteiger partial charge in [-0.25, -0.2) is 0 Å². The van der Waals surface area contributed by atoms with Crippen LogP contribution in [0.15, 0.2) is 36.5 Å². The number of aliphatic hydroxyl groups excluding tert-OH is 2. The first-order valence-electron chi connectivity index (χ1n) is 5.55. The molecule has 0 bridgehead atoms. The van der Waals surface area contributed by atoms with Gasteiger partial charge >= 0.3 is 0 Å². The van der Waals surface area contributed by atoms with Crippen molar-refractivity contribution in [2.45, 2.75) is 38.7 Å². The van der Waals surface area contributed by atoms with Crippen molar-refractivity contribution in [3.05, 3.63) is 36.5 Å². The van der Waals surface area contributed by atoms with Gasteiger partial charge in [0.1, 0.15) is 0 Å². The number of rotatable bonds is 8. The number of hydrogen-bond acceptors (Lipinski definition) is 2. The standard InChI is InChI=1S/C13H22O2/c1-2-3-4-5-6-7-8-9-10-11-13(15)12-14/h3-4,6-7,9-10,13-15H,2,5,8,11-12H2,1H3/b4-3-,7-6-,10-9-. The zero-order chi connectivity index (χ0) is 11.4. The average molecular weight is 210 g/mol. The van der Waals surface area contributed by atoms with E-state index in [4.69, 9.17) is 10.2 Å². The highest BCUT2D eigenvalue weighted by atomic mass is 16.3. The molecule has 0 saturated carbocycles. The molecule has 0 heterocycles. The van der Waals surface area contributed by atoms with Crippen molar-refractivity contribution < 1.29 is 10.2 Å². The van der Waals surface area contributed by atoms with Gasteiger partial charge in [-0.2, -0.15) is 0 Å². The molecule has 0 spiro atoms. The lowest BCUT2D eigenvalue weighted by Crippen LogP contribution is -2.09. The summed E-state index contributed by atoms with van der Waals surface area (Å²) in [5.41, 5.74) is 0. The fourth-order valence-electron chi connectivity index (χ4n) is 1.04. The summed E-state index contributed by atoms with van der Waals surface area (Å²) in [7, 11) is 0.